The molecule has 0 fully saturated rings. The van der Waals surface area contributed by atoms with E-state index in [0.29, 0.717) is 33.7 Å². The highest BCUT2D eigenvalue weighted by Gasteiger charge is 2.30. The number of rotatable bonds is 3. The highest BCUT2D eigenvalue weighted by atomic mass is 19.4. The molecule has 1 N–H and O–H groups in total. The Morgan fingerprint density at radius 2 is 1.81 bits per heavy atom. The van der Waals surface area contributed by atoms with Gasteiger partial charge in [0.25, 0.3) is 5.91 Å². The van der Waals surface area contributed by atoms with E-state index in [9.17, 15) is 18.0 Å². The second kappa shape index (κ2) is 7.50. The zero-order valence-electron chi connectivity index (χ0n) is 16.9. The van der Waals surface area contributed by atoms with E-state index < -0.39 is 11.7 Å². The molecule has 158 valence electrons. The molecule has 4 aromatic rings. The Hall–Kier alpha value is -3.75. The van der Waals surface area contributed by atoms with Crippen molar-refractivity contribution < 1.29 is 18.0 Å². The van der Waals surface area contributed by atoms with E-state index in [1.165, 1.54) is 16.9 Å². The van der Waals surface area contributed by atoms with Crippen LogP contribution in [0.3, 0.4) is 0 Å². The van der Waals surface area contributed by atoms with Gasteiger partial charge in [-0.2, -0.15) is 18.3 Å². The Morgan fingerprint density at radius 1 is 1.03 bits per heavy atom. The van der Waals surface area contributed by atoms with E-state index in [-0.39, 0.29) is 5.91 Å². The standard InChI is InChI=1S/C22H18F3N5O/c1-12-8-14(4-6-17(12)29-21(31)19-13(2)10-27-30(19)3)20-26-11-15-9-16(22(23,24)25)5-7-18(15)28-20/h4-11H,1-3H3,(H,29,31). The monoisotopic (exact) mass is 425 g/mol. The number of nitrogens with one attached hydrogen (secondary N) is 1. The van der Waals surface area contributed by atoms with Crippen molar-refractivity contribution in [3.63, 3.8) is 0 Å². The Bertz CT molecular complexity index is 1290. The smallest absolute Gasteiger partial charge is 0.320 e. The van der Waals surface area contributed by atoms with Crippen LogP contribution in [-0.2, 0) is 13.2 Å². The van der Waals surface area contributed by atoms with Gasteiger partial charge in [-0.1, -0.05) is 0 Å². The summed E-state index contributed by atoms with van der Waals surface area (Å²) in [6.45, 7) is 3.65. The fourth-order valence-corrected chi connectivity index (χ4v) is 3.35. The van der Waals surface area contributed by atoms with Crippen molar-refractivity contribution in [1.82, 2.24) is 19.7 Å². The Kier molecular flexibility index (Phi) is 4.96. The molecule has 6 nitrogen and oxygen atoms in total. The van der Waals surface area contributed by atoms with Crippen LogP contribution in [0.1, 0.15) is 27.2 Å². The molecule has 2 aromatic carbocycles. The molecule has 0 unspecified atom stereocenters. The largest absolute Gasteiger partial charge is 0.416 e. The summed E-state index contributed by atoms with van der Waals surface area (Å²) in [6, 6.07) is 8.68. The highest BCUT2D eigenvalue weighted by molar-refractivity contribution is 6.04. The second-order valence-corrected chi connectivity index (χ2v) is 7.25. The predicted molar refractivity (Wildman–Crippen MR) is 111 cm³/mol. The van der Waals surface area contributed by atoms with Crippen LogP contribution in [0.5, 0.6) is 0 Å². The zero-order chi connectivity index (χ0) is 22.3. The summed E-state index contributed by atoms with van der Waals surface area (Å²) in [5.74, 6) is 0.117. The highest BCUT2D eigenvalue weighted by Crippen LogP contribution is 2.31. The maximum absolute atomic E-state index is 12.9. The van der Waals surface area contributed by atoms with Crippen molar-refractivity contribution in [3.05, 3.63) is 71.2 Å². The lowest BCUT2D eigenvalue weighted by Crippen LogP contribution is -2.17. The van der Waals surface area contributed by atoms with Crippen molar-refractivity contribution in [2.45, 2.75) is 20.0 Å². The number of alkyl halides is 3. The van der Waals surface area contributed by atoms with Crippen LogP contribution in [0.4, 0.5) is 18.9 Å². The van der Waals surface area contributed by atoms with Gasteiger partial charge < -0.3 is 5.32 Å². The summed E-state index contributed by atoms with van der Waals surface area (Å²) in [7, 11) is 1.70. The lowest BCUT2D eigenvalue weighted by molar-refractivity contribution is -0.137. The van der Waals surface area contributed by atoms with Gasteiger partial charge in [-0.05, 0) is 61.4 Å². The summed E-state index contributed by atoms with van der Waals surface area (Å²) in [5, 5.41) is 7.26. The van der Waals surface area contributed by atoms with E-state index in [2.05, 4.69) is 20.4 Å². The fourth-order valence-electron chi connectivity index (χ4n) is 3.35. The van der Waals surface area contributed by atoms with Gasteiger partial charge in [0, 0.05) is 29.9 Å². The summed E-state index contributed by atoms with van der Waals surface area (Å²) in [4.78, 5) is 21.2. The number of nitrogens with zero attached hydrogens (tertiary/aromatic N) is 4. The first-order chi connectivity index (χ1) is 14.6. The summed E-state index contributed by atoms with van der Waals surface area (Å²) in [6.07, 6.45) is -1.42. The number of anilines is 1. The number of benzene rings is 2. The van der Waals surface area contributed by atoms with E-state index in [1.807, 2.05) is 19.9 Å². The van der Waals surface area contributed by atoms with E-state index >= 15 is 0 Å². The molecule has 0 bridgehead atoms. The molecule has 0 aliphatic rings. The molecule has 1 amide bonds. The molecule has 4 rings (SSSR count). The van der Waals surface area contributed by atoms with Gasteiger partial charge >= 0.3 is 6.18 Å². The SMILES string of the molecule is Cc1cc(-c2ncc3cc(C(F)(F)F)ccc3n2)ccc1NC(=O)c1c(C)cnn1C. The van der Waals surface area contributed by atoms with Crippen LogP contribution in [0.15, 0.2) is 48.8 Å². The van der Waals surface area contributed by atoms with E-state index in [1.54, 1.807) is 25.4 Å². The third-order valence-corrected chi connectivity index (χ3v) is 4.98. The Morgan fingerprint density at radius 3 is 2.45 bits per heavy atom. The van der Waals surface area contributed by atoms with Gasteiger partial charge in [0.15, 0.2) is 5.82 Å². The van der Waals surface area contributed by atoms with Crippen LogP contribution in [0, 0.1) is 13.8 Å². The minimum atomic E-state index is -4.42. The molecule has 31 heavy (non-hydrogen) atoms. The van der Waals surface area contributed by atoms with Crippen molar-refractivity contribution >= 4 is 22.5 Å². The molecule has 0 aliphatic carbocycles. The quantitative estimate of drug-likeness (QED) is 0.506. The molecule has 2 heterocycles. The van der Waals surface area contributed by atoms with Gasteiger partial charge in [0.2, 0.25) is 0 Å². The molecule has 2 aromatic heterocycles. The molecular formula is C22H18F3N5O. The minimum absolute atomic E-state index is 0.268. The maximum Gasteiger partial charge on any atom is 0.416 e. The number of carbonyl (C=O) groups excluding carboxylic acids is 1. The third kappa shape index (κ3) is 3.98. The summed E-state index contributed by atoms with van der Waals surface area (Å²) >= 11 is 0. The van der Waals surface area contributed by atoms with E-state index in [4.69, 9.17) is 0 Å². The number of aryl methyl sites for hydroxylation is 3. The molecule has 9 heteroatoms. The average molecular weight is 425 g/mol. The summed E-state index contributed by atoms with van der Waals surface area (Å²) in [5.41, 5.74) is 3.03. The van der Waals surface area contributed by atoms with Crippen LogP contribution in [-0.4, -0.2) is 25.7 Å². The van der Waals surface area contributed by atoms with Crippen LogP contribution in [0.25, 0.3) is 22.3 Å². The number of carbonyl (C=O) groups is 1. The molecule has 0 spiro atoms. The van der Waals surface area contributed by atoms with Crippen molar-refractivity contribution in [2.75, 3.05) is 5.32 Å². The molecule has 0 radical (unpaired) electrons. The fraction of sp³-hybridized carbons (Fsp3) is 0.182. The number of fused-ring (bicyclic) bond motifs is 1. The summed E-state index contributed by atoms with van der Waals surface area (Å²) < 4.78 is 40.2. The minimum Gasteiger partial charge on any atom is -0.320 e. The average Bonchev–Trinajstić information content (AvgIpc) is 3.06. The molecule has 0 aliphatic heterocycles. The first-order valence-corrected chi connectivity index (χ1v) is 9.38. The van der Waals surface area contributed by atoms with Gasteiger partial charge in [-0.25, -0.2) is 9.97 Å². The molecule has 0 saturated heterocycles. The number of hydrogen-bond acceptors (Lipinski definition) is 4. The molecule has 0 atom stereocenters. The van der Waals surface area contributed by atoms with Crippen LogP contribution < -0.4 is 5.32 Å². The Labute approximate surface area is 175 Å². The maximum atomic E-state index is 12.9. The van der Waals surface area contributed by atoms with Crippen LogP contribution >= 0.6 is 0 Å². The first-order valence-electron chi connectivity index (χ1n) is 9.38. The van der Waals surface area contributed by atoms with E-state index in [0.717, 1.165) is 23.3 Å². The van der Waals surface area contributed by atoms with Gasteiger partial charge in [-0.3, -0.25) is 9.48 Å². The number of hydrogen-bond donors (Lipinski definition) is 1. The van der Waals surface area contributed by atoms with Crippen molar-refractivity contribution in [2.24, 2.45) is 7.05 Å². The van der Waals surface area contributed by atoms with Gasteiger partial charge in [0.05, 0.1) is 17.3 Å². The van der Waals surface area contributed by atoms with Crippen molar-refractivity contribution in [3.8, 4) is 11.4 Å². The number of aromatic nitrogens is 4. The van der Waals surface area contributed by atoms with Crippen LogP contribution in [0.2, 0.25) is 0 Å². The number of amides is 1. The topological polar surface area (TPSA) is 72.7 Å². The first kappa shape index (κ1) is 20.5. The van der Waals surface area contributed by atoms with Crippen molar-refractivity contribution in [1.29, 1.82) is 0 Å². The third-order valence-electron chi connectivity index (χ3n) is 4.98. The Balaban J connectivity index is 1.61. The van der Waals surface area contributed by atoms with Gasteiger partial charge in [0.1, 0.15) is 5.69 Å². The lowest BCUT2D eigenvalue weighted by atomic mass is 10.1. The normalized spacial score (nSPS) is 11.7. The lowest BCUT2D eigenvalue weighted by Gasteiger charge is -2.11. The predicted octanol–water partition coefficient (Wildman–Crippen LogP) is 4.92. The number of halogens is 3. The molecular weight excluding hydrogens is 407 g/mol. The second-order valence-electron chi connectivity index (χ2n) is 7.25. The molecule has 0 saturated carbocycles. The zero-order valence-corrected chi connectivity index (χ0v) is 16.9. The van der Waals surface area contributed by atoms with Gasteiger partial charge in [-0.15, -0.1) is 0 Å².